The van der Waals surface area contributed by atoms with Gasteiger partial charge in [-0.2, -0.15) is 5.10 Å². The maximum Gasteiger partial charge on any atom is 0.341 e. The van der Waals surface area contributed by atoms with Gasteiger partial charge >= 0.3 is 5.97 Å². The summed E-state index contributed by atoms with van der Waals surface area (Å²) in [6.07, 6.45) is 1.59. The van der Waals surface area contributed by atoms with Crippen LogP contribution in [0, 0.1) is 5.92 Å². The van der Waals surface area contributed by atoms with Crippen LogP contribution in [0.3, 0.4) is 0 Å². The van der Waals surface area contributed by atoms with Crippen LogP contribution in [0.5, 0.6) is 0 Å². The molecule has 0 bridgehead atoms. The monoisotopic (exact) mass is 337 g/mol. The van der Waals surface area contributed by atoms with Gasteiger partial charge in [0.25, 0.3) is 0 Å². The van der Waals surface area contributed by atoms with Gasteiger partial charge in [0.2, 0.25) is 5.91 Å². The summed E-state index contributed by atoms with van der Waals surface area (Å²) >= 11 is 6.13. The van der Waals surface area contributed by atoms with Gasteiger partial charge in [0, 0.05) is 11.4 Å². The smallest absolute Gasteiger partial charge is 0.341 e. The zero-order valence-electron chi connectivity index (χ0n) is 13.6. The van der Waals surface area contributed by atoms with Crippen molar-refractivity contribution in [1.29, 1.82) is 0 Å². The molecule has 0 aliphatic carbocycles. The third-order valence-corrected chi connectivity index (χ3v) is 4.14. The summed E-state index contributed by atoms with van der Waals surface area (Å²) in [5, 5.41) is 8.09. The van der Waals surface area contributed by atoms with Gasteiger partial charge in [-0.3, -0.25) is 9.48 Å². The summed E-state index contributed by atoms with van der Waals surface area (Å²) in [6.45, 7) is 6.01. The minimum Gasteiger partial charge on any atom is -0.465 e. The van der Waals surface area contributed by atoms with Crippen molar-refractivity contribution in [2.75, 3.05) is 7.11 Å². The number of nitrogens with zero attached hydrogens (tertiary/aromatic N) is 2. The quantitative estimate of drug-likeness (QED) is 0.851. The lowest BCUT2D eigenvalue weighted by molar-refractivity contribution is -0.122. The highest BCUT2D eigenvalue weighted by Crippen LogP contribution is 2.26. The van der Waals surface area contributed by atoms with Crippen LogP contribution >= 0.6 is 11.6 Å². The molecule has 0 unspecified atom stereocenters. The lowest BCUT2D eigenvalue weighted by Crippen LogP contribution is -2.38. The number of nitrogens with one attached hydrogen (secondary N) is 1. The second-order valence-corrected chi connectivity index (χ2v) is 6.16. The maximum absolute atomic E-state index is 12.2. The Bertz CT molecular complexity index is 739. The van der Waals surface area contributed by atoms with Gasteiger partial charge in [-0.1, -0.05) is 25.4 Å². The van der Waals surface area contributed by atoms with Crippen LogP contribution in [0.15, 0.2) is 18.3 Å². The molecule has 124 valence electrons. The predicted molar refractivity (Wildman–Crippen MR) is 88.5 cm³/mol. The first-order valence-corrected chi connectivity index (χ1v) is 7.74. The molecule has 0 aliphatic heterocycles. The number of benzene rings is 1. The van der Waals surface area contributed by atoms with E-state index in [1.165, 1.54) is 11.8 Å². The van der Waals surface area contributed by atoms with Gasteiger partial charge in [0.15, 0.2) is 0 Å². The summed E-state index contributed by atoms with van der Waals surface area (Å²) in [6, 6.07) is 3.42. The van der Waals surface area contributed by atoms with Crippen LogP contribution in [-0.2, 0) is 16.1 Å². The van der Waals surface area contributed by atoms with E-state index in [0.717, 1.165) is 5.39 Å². The highest BCUT2D eigenvalue weighted by atomic mass is 35.5. The number of halogens is 1. The number of amides is 1. The van der Waals surface area contributed by atoms with Crippen molar-refractivity contribution in [1.82, 2.24) is 15.1 Å². The van der Waals surface area contributed by atoms with E-state index in [-0.39, 0.29) is 29.1 Å². The second kappa shape index (κ2) is 7.00. The van der Waals surface area contributed by atoms with E-state index in [0.29, 0.717) is 11.4 Å². The van der Waals surface area contributed by atoms with E-state index in [1.807, 2.05) is 20.8 Å². The normalized spacial score (nSPS) is 12.4. The Kier molecular flexibility index (Phi) is 5.26. The fourth-order valence-electron chi connectivity index (χ4n) is 2.17. The fourth-order valence-corrected chi connectivity index (χ4v) is 2.40. The number of carbonyl (C=O) groups is 2. The Balaban J connectivity index is 2.37. The zero-order valence-corrected chi connectivity index (χ0v) is 14.3. The molecule has 7 heteroatoms. The molecule has 1 amide bonds. The molecule has 0 fully saturated rings. The molecule has 0 saturated carbocycles. The molecule has 1 N–H and O–H groups in total. The Morgan fingerprint density at radius 2 is 2.04 bits per heavy atom. The van der Waals surface area contributed by atoms with Gasteiger partial charge in [-0.25, -0.2) is 4.79 Å². The van der Waals surface area contributed by atoms with Crippen LogP contribution in [0.25, 0.3) is 10.9 Å². The summed E-state index contributed by atoms with van der Waals surface area (Å²) in [5.74, 6) is -0.404. The van der Waals surface area contributed by atoms with Crippen molar-refractivity contribution in [3.05, 3.63) is 28.9 Å². The number of rotatable bonds is 5. The van der Waals surface area contributed by atoms with Crippen molar-refractivity contribution in [2.45, 2.75) is 33.4 Å². The number of methoxy groups -OCH3 is 1. The van der Waals surface area contributed by atoms with E-state index in [4.69, 9.17) is 16.3 Å². The topological polar surface area (TPSA) is 73.2 Å². The number of hydrogen-bond acceptors (Lipinski definition) is 4. The second-order valence-electron chi connectivity index (χ2n) is 5.75. The first-order chi connectivity index (χ1) is 10.8. The first-order valence-electron chi connectivity index (χ1n) is 7.36. The third kappa shape index (κ3) is 3.64. The SMILES string of the molecule is COC(=O)c1c(Cl)ccc2cnn(CC(=O)N[C@@H](C)C(C)C)c12. The zero-order chi connectivity index (χ0) is 17.1. The van der Waals surface area contributed by atoms with Crippen LogP contribution in [0.4, 0.5) is 0 Å². The minimum atomic E-state index is -0.557. The van der Waals surface area contributed by atoms with Crippen molar-refractivity contribution in [2.24, 2.45) is 5.92 Å². The lowest BCUT2D eigenvalue weighted by atomic mass is 10.1. The molecule has 2 rings (SSSR count). The van der Waals surface area contributed by atoms with Crippen molar-refractivity contribution >= 4 is 34.4 Å². The molecule has 1 atom stereocenters. The average molecular weight is 338 g/mol. The molecule has 23 heavy (non-hydrogen) atoms. The molecule has 1 aromatic carbocycles. The molecule has 0 radical (unpaired) electrons. The van der Waals surface area contributed by atoms with Gasteiger partial charge in [0.05, 0.1) is 23.8 Å². The Labute approximate surface area is 139 Å². The Hall–Kier alpha value is -2.08. The summed E-state index contributed by atoms with van der Waals surface area (Å²) in [4.78, 5) is 24.2. The van der Waals surface area contributed by atoms with E-state index in [1.54, 1.807) is 18.3 Å². The molecule has 1 aromatic heterocycles. The third-order valence-electron chi connectivity index (χ3n) is 3.82. The summed E-state index contributed by atoms with van der Waals surface area (Å²) in [7, 11) is 1.29. The van der Waals surface area contributed by atoms with E-state index >= 15 is 0 Å². The maximum atomic E-state index is 12.2. The van der Waals surface area contributed by atoms with Gasteiger partial charge < -0.3 is 10.1 Å². The molecule has 0 spiro atoms. The summed E-state index contributed by atoms with van der Waals surface area (Å²) in [5.41, 5.74) is 0.713. The molecule has 0 saturated heterocycles. The molecule has 6 nitrogen and oxygen atoms in total. The fraction of sp³-hybridized carbons (Fsp3) is 0.438. The number of carbonyl (C=O) groups excluding carboxylic acids is 2. The number of hydrogen-bond donors (Lipinski definition) is 1. The molecule has 0 aliphatic rings. The van der Waals surface area contributed by atoms with Crippen LogP contribution < -0.4 is 5.32 Å². The van der Waals surface area contributed by atoms with E-state index < -0.39 is 5.97 Å². The average Bonchev–Trinajstić information content (AvgIpc) is 2.89. The molecular weight excluding hydrogens is 318 g/mol. The van der Waals surface area contributed by atoms with Crippen LogP contribution in [0.2, 0.25) is 5.02 Å². The number of aromatic nitrogens is 2. The predicted octanol–water partition coefficient (Wildman–Crippen LogP) is 2.64. The van der Waals surface area contributed by atoms with Crippen molar-refractivity contribution in [3.63, 3.8) is 0 Å². The van der Waals surface area contributed by atoms with Crippen molar-refractivity contribution in [3.8, 4) is 0 Å². The molecule has 1 heterocycles. The standard InChI is InChI=1S/C16H20ClN3O3/c1-9(2)10(3)19-13(21)8-20-15-11(7-18-20)5-6-12(17)14(15)16(22)23-4/h5-7,9-10H,8H2,1-4H3,(H,19,21)/t10-/m0/s1. The van der Waals surface area contributed by atoms with Crippen LogP contribution in [-0.4, -0.2) is 34.8 Å². The van der Waals surface area contributed by atoms with Gasteiger partial charge in [0.1, 0.15) is 12.1 Å². The first kappa shape index (κ1) is 17.3. The largest absolute Gasteiger partial charge is 0.465 e. The number of esters is 1. The minimum absolute atomic E-state index is 0.00486. The molecular formula is C16H20ClN3O3. The number of fused-ring (bicyclic) bond motifs is 1. The molecule has 2 aromatic rings. The highest BCUT2D eigenvalue weighted by molar-refractivity contribution is 6.35. The lowest BCUT2D eigenvalue weighted by Gasteiger charge is -2.17. The summed E-state index contributed by atoms with van der Waals surface area (Å²) < 4.78 is 6.25. The van der Waals surface area contributed by atoms with Gasteiger partial charge in [-0.15, -0.1) is 0 Å². The van der Waals surface area contributed by atoms with E-state index in [2.05, 4.69) is 10.4 Å². The van der Waals surface area contributed by atoms with Crippen molar-refractivity contribution < 1.29 is 14.3 Å². The van der Waals surface area contributed by atoms with E-state index in [9.17, 15) is 9.59 Å². The number of ether oxygens (including phenoxy) is 1. The Morgan fingerprint density at radius 3 is 2.65 bits per heavy atom. The highest BCUT2D eigenvalue weighted by Gasteiger charge is 2.20. The van der Waals surface area contributed by atoms with Crippen LogP contribution in [0.1, 0.15) is 31.1 Å². The Morgan fingerprint density at radius 1 is 1.35 bits per heavy atom. The van der Waals surface area contributed by atoms with Gasteiger partial charge in [-0.05, 0) is 25.0 Å².